The van der Waals surface area contributed by atoms with Gasteiger partial charge in [-0.25, -0.2) is 0 Å². The summed E-state index contributed by atoms with van der Waals surface area (Å²) in [6.07, 6.45) is 0. The Morgan fingerprint density at radius 1 is 0.333 bits per heavy atom. The van der Waals surface area contributed by atoms with Gasteiger partial charge in [0.05, 0.1) is 41.6 Å². The molecule has 0 atom stereocenters. The third-order valence-corrected chi connectivity index (χ3v) is 14.8. The number of fused-ring (bicyclic) bond motifs is 14. The van der Waals surface area contributed by atoms with Crippen molar-refractivity contribution in [3.8, 4) is 22.3 Å². The smallest absolute Gasteiger partial charge is 0.159 e. The number of furan rings is 2. The van der Waals surface area contributed by atoms with Crippen LogP contribution in [-0.2, 0) is 0 Å². The first-order valence-electron chi connectivity index (χ1n) is 29.8. The molecule has 350 valence electrons. The van der Waals surface area contributed by atoms with Gasteiger partial charge in [0.2, 0.25) is 0 Å². The summed E-state index contributed by atoms with van der Waals surface area (Å²) >= 11 is 0. The quantitative estimate of drug-likeness (QED) is 0.152. The molecule has 16 aromatic rings. The van der Waals surface area contributed by atoms with E-state index in [1.165, 1.54) is 0 Å². The van der Waals surface area contributed by atoms with Crippen LogP contribution in [0.15, 0.2) is 269 Å². The van der Waals surface area contributed by atoms with Crippen molar-refractivity contribution in [2.75, 3.05) is 9.80 Å². The Bertz CT molecular complexity index is 5220. The molecule has 75 heavy (non-hydrogen) atoms. The largest absolute Gasteiger partial charge is 0.453 e. The first-order valence-corrected chi connectivity index (χ1v) is 24.8. The molecule has 0 aliphatic rings. The summed E-state index contributed by atoms with van der Waals surface area (Å²) in [6.45, 7) is 0. The number of hydrogen-bond donors (Lipinski definition) is 0. The minimum atomic E-state index is -0.455. The molecule has 5 nitrogen and oxygen atoms in total. The highest BCUT2D eigenvalue weighted by atomic mass is 16.3. The standard InChI is InChI=1S/C70H43N3O2/c1-5-19-44(20-6-1)51-28-15-30-54-56-32-17-35-62(69(56)74-67(51)54)71(47-23-9-3-10-24-47)49-38-37-46-41-60-53-40-39-50(43-64(53)73-61-34-14-13-27-58(61)65(66(60)73)59(46)42-49)72(48-25-11-4-12-26-48)63-36-18-33-57-55-31-16-29-52(68(55)75-70(57)63)45-21-7-2-8-22-45/h1-43H/i1D,2D,5D,6D,7D,8D,19D,20D,21D,22D. The van der Waals surface area contributed by atoms with Crippen molar-refractivity contribution in [3.05, 3.63) is 261 Å². The van der Waals surface area contributed by atoms with Gasteiger partial charge in [0, 0.05) is 77.0 Å². The second kappa shape index (κ2) is 16.2. The molecule has 0 saturated heterocycles. The third kappa shape index (κ3) is 6.19. The molecule has 0 radical (unpaired) electrons. The van der Waals surface area contributed by atoms with E-state index in [1.54, 1.807) is 12.1 Å². The van der Waals surface area contributed by atoms with Crippen LogP contribution >= 0.6 is 0 Å². The molecule has 0 bridgehead atoms. The van der Waals surface area contributed by atoms with Crippen molar-refractivity contribution in [1.82, 2.24) is 4.40 Å². The molecule has 0 saturated carbocycles. The van der Waals surface area contributed by atoms with E-state index in [0.29, 0.717) is 33.5 Å². The molecule has 12 aromatic carbocycles. The van der Waals surface area contributed by atoms with Gasteiger partial charge in [0.1, 0.15) is 11.2 Å². The summed E-state index contributed by atoms with van der Waals surface area (Å²) < 4.78 is 102. The number of nitrogens with zero attached hydrogens (tertiary/aromatic N) is 3. The Labute approximate surface area is 444 Å². The molecular weight excluding hydrogens is 915 g/mol. The SMILES string of the molecule is [2H]c1c([2H])c([2H])c(-c2cccc3c2oc2c(N(c4ccccc4)c4ccc5cc6c7ccc(N(c8ccccc8)c8cccc9c8oc8c(-c%10c([2H])c([2H])c([2H])c([2H])c%10[2H])cccc89)cc7n7c8ccccc8c(c5c4)c67)cccc23)c([2H])c1[2H]. The summed E-state index contributed by atoms with van der Waals surface area (Å²) in [5.41, 5.74) is 11.1. The van der Waals surface area contributed by atoms with Crippen molar-refractivity contribution >= 4 is 127 Å². The van der Waals surface area contributed by atoms with Crippen molar-refractivity contribution in [3.63, 3.8) is 0 Å². The van der Waals surface area contributed by atoms with Crippen LogP contribution in [0.25, 0.3) is 115 Å². The van der Waals surface area contributed by atoms with Crippen LogP contribution in [0.4, 0.5) is 34.1 Å². The van der Waals surface area contributed by atoms with E-state index in [2.05, 4.69) is 105 Å². The van der Waals surface area contributed by atoms with Crippen LogP contribution < -0.4 is 9.80 Å². The molecule has 0 N–H and O–H groups in total. The van der Waals surface area contributed by atoms with Gasteiger partial charge in [-0.15, -0.1) is 0 Å². The maximum absolute atomic E-state index is 8.88. The fourth-order valence-corrected chi connectivity index (χ4v) is 11.7. The van der Waals surface area contributed by atoms with Crippen molar-refractivity contribution in [2.45, 2.75) is 0 Å². The van der Waals surface area contributed by atoms with Crippen LogP contribution in [0, 0.1) is 0 Å². The molecule has 4 aromatic heterocycles. The normalized spacial score (nSPS) is 13.9. The molecular formula is C70H43N3O2. The van der Waals surface area contributed by atoms with Gasteiger partial charge in [-0.1, -0.05) is 188 Å². The van der Waals surface area contributed by atoms with Crippen molar-refractivity contribution in [2.24, 2.45) is 0 Å². The van der Waals surface area contributed by atoms with E-state index in [4.69, 9.17) is 22.5 Å². The average molecular weight is 968 g/mol. The van der Waals surface area contributed by atoms with Gasteiger partial charge in [-0.3, -0.25) is 0 Å². The molecule has 0 aliphatic carbocycles. The molecule has 0 amide bonds. The molecule has 5 heteroatoms. The lowest BCUT2D eigenvalue weighted by atomic mass is 9.99. The summed E-state index contributed by atoms with van der Waals surface area (Å²) in [7, 11) is 0. The van der Waals surface area contributed by atoms with Gasteiger partial charge in [-0.05, 0) is 94.7 Å². The Hall–Kier alpha value is -10.1. The van der Waals surface area contributed by atoms with Crippen LogP contribution in [0.2, 0.25) is 0 Å². The van der Waals surface area contributed by atoms with E-state index < -0.39 is 36.3 Å². The average Bonchev–Trinajstić information content (AvgIpc) is 1.59. The Morgan fingerprint density at radius 2 is 0.827 bits per heavy atom. The highest BCUT2D eigenvalue weighted by molar-refractivity contribution is 6.32. The van der Waals surface area contributed by atoms with Gasteiger partial charge in [-0.2, -0.15) is 0 Å². The number of hydrogen-bond acceptors (Lipinski definition) is 4. The monoisotopic (exact) mass is 967 g/mol. The van der Waals surface area contributed by atoms with Crippen LogP contribution in [0.1, 0.15) is 13.7 Å². The highest BCUT2D eigenvalue weighted by Crippen LogP contribution is 2.50. The minimum absolute atomic E-state index is 0.0758. The maximum atomic E-state index is 8.88. The lowest BCUT2D eigenvalue weighted by molar-refractivity contribution is 0.670. The zero-order chi connectivity index (χ0) is 57.8. The molecule has 0 fully saturated rings. The fraction of sp³-hybridized carbons (Fsp3) is 0. The van der Waals surface area contributed by atoms with Crippen LogP contribution in [0.3, 0.4) is 0 Å². The van der Waals surface area contributed by atoms with E-state index >= 15 is 0 Å². The second-order valence-electron chi connectivity index (χ2n) is 18.8. The number of benzene rings is 12. The predicted octanol–water partition coefficient (Wildman–Crippen LogP) is 20.1. The zero-order valence-electron chi connectivity index (χ0n) is 49.7. The third-order valence-electron chi connectivity index (χ3n) is 14.8. The van der Waals surface area contributed by atoms with Crippen molar-refractivity contribution < 1.29 is 22.5 Å². The molecule has 16 rings (SSSR count). The number of rotatable bonds is 8. The van der Waals surface area contributed by atoms with Crippen LogP contribution in [-0.4, -0.2) is 4.40 Å². The Balaban J connectivity index is 0.892. The summed E-state index contributed by atoms with van der Waals surface area (Å²) in [6, 6.07) is 63.4. The maximum Gasteiger partial charge on any atom is 0.159 e. The second-order valence-corrected chi connectivity index (χ2v) is 18.8. The van der Waals surface area contributed by atoms with E-state index in [0.717, 1.165) is 105 Å². The fourth-order valence-electron chi connectivity index (χ4n) is 11.7. The summed E-state index contributed by atoms with van der Waals surface area (Å²) in [5, 5.41) is 9.57. The van der Waals surface area contributed by atoms with Gasteiger partial charge in [0.15, 0.2) is 11.2 Å². The topological polar surface area (TPSA) is 37.2 Å². The number of aromatic nitrogens is 1. The van der Waals surface area contributed by atoms with E-state index in [1.807, 2.05) is 97.1 Å². The lowest BCUT2D eigenvalue weighted by Crippen LogP contribution is -2.10. The zero-order valence-corrected chi connectivity index (χ0v) is 39.7. The molecule has 4 heterocycles. The Morgan fingerprint density at radius 3 is 1.41 bits per heavy atom. The first kappa shape index (κ1) is 32.8. The van der Waals surface area contributed by atoms with Crippen LogP contribution in [0.5, 0.6) is 0 Å². The van der Waals surface area contributed by atoms with E-state index in [-0.39, 0.29) is 35.3 Å². The van der Waals surface area contributed by atoms with Gasteiger partial charge >= 0.3 is 0 Å². The first-order chi connectivity index (χ1) is 41.4. The molecule has 0 unspecified atom stereocenters. The van der Waals surface area contributed by atoms with Crippen molar-refractivity contribution in [1.29, 1.82) is 0 Å². The van der Waals surface area contributed by atoms with E-state index in [9.17, 15) is 0 Å². The summed E-state index contributed by atoms with van der Waals surface area (Å²) in [4.78, 5) is 4.37. The van der Waals surface area contributed by atoms with Gasteiger partial charge < -0.3 is 23.0 Å². The number of para-hydroxylation sites is 7. The highest BCUT2D eigenvalue weighted by Gasteiger charge is 2.26. The lowest BCUT2D eigenvalue weighted by Gasteiger charge is -2.26. The summed E-state index contributed by atoms with van der Waals surface area (Å²) in [5.74, 6) is 0. The molecule has 0 spiro atoms. The minimum Gasteiger partial charge on any atom is -0.453 e. The molecule has 0 aliphatic heterocycles. The predicted molar refractivity (Wildman–Crippen MR) is 313 cm³/mol. The van der Waals surface area contributed by atoms with Gasteiger partial charge in [0.25, 0.3) is 0 Å². The Kier molecular flexibility index (Phi) is 7.09. The number of anilines is 6.